The molecule has 5 rings (SSSR count). The Morgan fingerprint density at radius 3 is 1.42 bits per heavy atom. The molecular formula is C30H34O6. The minimum Gasteiger partial charge on any atom is -0.462 e. The molecule has 0 amide bonds. The fraction of sp³-hybridized carbons (Fsp3) is 0.533. The first-order chi connectivity index (χ1) is 17.3. The van der Waals surface area contributed by atoms with Crippen molar-refractivity contribution in [1.29, 1.82) is 0 Å². The number of allylic oxidation sites excluding steroid dienone is 4. The van der Waals surface area contributed by atoms with Crippen molar-refractivity contribution in [1.82, 2.24) is 0 Å². The van der Waals surface area contributed by atoms with Crippen LogP contribution in [0.4, 0.5) is 0 Å². The Morgan fingerprint density at radius 1 is 0.694 bits per heavy atom. The second kappa shape index (κ2) is 9.45. The molecule has 0 unspecified atom stereocenters. The van der Waals surface area contributed by atoms with Gasteiger partial charge in [0.1, 0.15) is 12.6 Å². The van der Waals surface area contributed by atoms with Crippen molar-refractivity contribution in [2.45, 2.75) is 40.5 Å². The van der Waals surface area contributed by atoms with Crippen molar-refractivity contribution in [2.24, 2.45) is 47.3 Å². The van der Waals surface area contributed by atoms with E-state index in [0.717, 1.165) is 25.4 Å². The van der Waals surface area contributed by atoms with Crippen LogP contribution in [-0.2, 0) is 19.1 Å². The highest BCUT2D eigenvalue weighted by molar-refractivity contribution is 6.03. The van der Waals surface area contributed by atoms with Gasteiger partial charge in [-0.2, -0.15) is 0 Å². The van der Waals surface area contributed by atoms with E-state index in [1.807, 2.05) is 0 Å². The van der Waals surface area contributed by atoms with Crippen molar-refractivity contribution in [3.05, 3.63) is 57.7 Å². The molecule has 6 nitrogen and oxygen atoms in total. The molecule has 0 N–H and O–H groups in total. The zero-order chi connectivity index (χ0) is 25.7. The van der Waals surface area contributed by atoms with Crippen LogP contribution in [0.3, 0.4) is 0 Å². The number of rotatable bonds is 8. The van der Waals surface area contributed by atoms with Crippen molar-refractivity contribution < 1.29 is 28.7 Å². The number of ether oxygens (including phenoxy) is 2. The number of carbonyl (C=O) groups is 4. The van der Waals surface area contributed by atoms with E-state index >= 15 is 0 Å². The first-order valence-corrected chi connectivity index (χ1v) is 13.0. The summed E-state index contributed by atoms with van der Waals surface area (Å²) in [7, 11) is 0. The fourth-order valence-corrected chi connectivity index (χ4v) is 7.63. The lowest BCUT2D eigenvalue weighted by atomic mass is 9.78. The van der Waals surface area contributed by atoms with Crippen molar-refractivity contribution >= 4 is 24.5 Å². The van der Waals surface area contributed by atoms with Gasteiger partial charge in [-0.1, -0.05) is 34.4 Å². The largest absolute Gasteiger partial charge is 0.462 e. The maximum Gasteiger partial charge on any atom is 0.339 e. The lowest BCUT2D eigenvalue weighted by molar-refractivity contribution is -0.114. The van der Waals surface area contributed by atoms with Crippen LogP contribution in [0.5, 0.6) is 0 Å². The number of esters is 2. The van der Waals surface area contributed by atoms with E-state index in [-0.39, 0.29) is 71.7 Å². The van der Waals surface area contributed by atoms with E-state index in [9.17, 15) is 19.2 Å². The third kappa shape index (κ3) is 3.77. The average molecular weight is 491 g/mol. The molecule has 8 atom stereocenters. The third-order valence-corrected chi connectivity index (χ3v) is 9.93. The van der Waals surface area contributed by atoms with E-state index in [1.54, 1.807) is 24.3 Å². The highest BCUT2D eigenvalue weighted by Crippen LogP contribution is 2.55. The molecule has 6 heteroatoms. The molecule has 36 heavy (non-hydrogen) atoms. The average Bonchev–Trinajstić information content (AvgIpc) is 3.60. The van der Waals surface area contributed by atoms with E-state index < -0.39 is 11.9 Å². The molecule has 4 aliphatic carbocycles. The number of hydrogen-bond donors (Lipinski definition) is 0. The molecule has 4 aliphatic rings. The number of aldehydes is 2. The van der Waals surface area contributed by atoms with Gasteiger partial charge in [-0.25, -0.2) is 9.59 Å². The Morgan fingerprint density at radius 2 is 1.06 bits per heavy atom. The minimum atomic E-state index is -0.589. The third-order valence-electron chi connectivity index (χ3n) is 9.93. The molecule has 0 aliphatic heterocycles. The van der Waals surface area contributed by atoms with Crippen LogP contribution < -0.4 is 0 Å². The highest BCUT2D eigenvalue weighted by atomic mass is 16.5. The van der Waals surface area contributed by atoms with Crippen molar-refractivity contribution in [3.63, 3.8) is 0 Å². The van der Waals surface area contributed by atoms with E-state index in [2.05, 4.69) is 27.7 Å². The Balaban J connectivity index is 1.24. The van der Waals surface area contributed by atoms with E-state index in [4.69, 9.17) is 9.47 Å². The molecule has 1 aromatic rings. The van der Waals surface area contributed by atoms with Crippen LogP contribution in [0.15, 0.2) is 46.6 Å². The van der Waals surface area contributed by atoms with Gasteiger partial charge in [0.25, 0.3) is 0 Å². The lowest BCUT2D eigenvalue weighted by Crippen LogP contribution is -2.30. The molecule has 0 radical (unpaired) electrons. The van der Waals surface area contributed by atoms with Crippen LogP contribution in [-0.4, -0.2) is 37.7 Å². The minimum absolute atomic E-state index is 0.0305. The molecule has 2 fully saturated rings. The first-order valence-electron chi connectivity index (χ1n) is 13.0. The molecule has 190 valence electrons. The molecule has 4 bridgehead atoms. The van der Waals surface area contributed by atoms with Crippen LogP contribution in [0.1, 0.15) is 61.3 Å². The predicted octanol–water partition coefficient (Wildman–Crippen LogP) is 4.84. The summed E-state index contributed by atoms with van der Waals surface area (Å²) in [5, 5.41) is 0. The molecule has 1 aromatic carbocycles. The second-order valence-electron chi connectivity index (χ2n) is 11.1. The Hall–Kier alpha value is -3.02. The molecule has 2 saturated carbocycles. The van der Waals surface area contributed by atoms with Crippen LogP contribution in [0.25, 0.3) is 0 Å². The maximum atomic E-state index is 13.0. The van der Waals surface area contributed by atoms with Gasteiger partial charge in [-0.15, -0.1) is 0 Å². The quantitative estimate of drug-likeness (QED) is 0.295. The second-order valence-corrected chi connectivity index (χ2v) is 11.1. The summed E-state index contributed by atoms with van der Waals surface area (Å²) in [5.41, 5.74) is 5.50. The number of fused-ring (bicyclic) bond motifs is 4. The van der Waals surface area contributed by atoms with Gasteiger partial charge < -0.3 is 19.1 Å². The van der Waals surface area contributed by atoms with Crippen molar-refractivity contribution in [2.75, 3.05) is 13.2 Å². The topological polar surface area (TPSA) is 86.7 Å². The zero-order valence-electron chi connectivity index (χ0n) is 21.4. The van der Waals surface area contributed by atoms with Gasteiger partial charge in [0.15, 0.2) is 0 Å². The zero-order valence-corrected chi connectivity index (χ0v) is 21.4. The van der Waals surface area contributed by atoms with Crippen molar-refractivity contribution in [3.8, 4) is 0 Å². The normalized spacial score (nSPS) is 34.3. The van der Waals surface area contributed by atoms with Gasteiger partial charge >= 0.3 is 11.9 Å². The number of carbonyl (C=O) groups excluding carboxylic acids is 4. The standard InChI is InChI=1S/C30H34O6/c1-15-17(3)23-9-21(15)25(11-31)27(23)13-35-29(33)19-7-5-6-8-20(19)30(34)36-14-28-24-10-22(26(28)12-32)16(2)18(24)4/h5-8,11-12,21-28H,9-10,13-14H2,1-4H3/t21-,22-,23+,24+,25-,26-,27-,28-/m0/s1. The maximum absolute atomic E-state index is 13.0. The molecule has 0 aromatic heterocycles. The molecule has 0 saturated heterocycles. The van der Waals surface area contributed by atoms with Crippen LogP contribution in [0.2, 0.25) is 0 Å². The lowest BCUT2D eigenvalue weighted by Gasteiger charge is -2.29. The van der Waals surface area contributed by atoms with Gasteiger partial charge in [0.05, 0.1) is 24.3 Å². The molecule has 0 spiro atoms. The predicted molar refractivity (Wildman–Crippen MR) is 133 cm³/mol. The van der Waals surface area contributed by atoms with E-state index in [0.29, 0.717) is 0 Å². The van der Waals surface area contributed by atoms with Gasteiger partial charge in [0, 0.05) is 23.7 Å². The summed E-state index contributed by atoms with van der Waals surface area (Å²) in [6.45, 7) is 8.68. The summed E-state index contributed by atoms with van der Waals surface area (Å²) in [6.07, 6.45) is 3.88. The van der Waals surface area contributed by atoms with Crippen LogP contribution >= 0.6 is 0 Å². The van der Waals surface area contributed by atoms with Gasteiger partial charge in [-0.3, -0.25) is 0 Å². The van der Waals surface area contributed by atoms with E-state index in [1.165, 1.54) is 22.3 Å². The van der Waals surface area contributed by atoms with Gasteiger partial charge in [0.2, 0.25) is 0 Å². The SMILES string of the molecule is CC1=C(C)[C@@H]2C[C@H]1[C@H](COC(=O)c1ccccc1C(=O)OC[C@@H]1[C@@H](C=O)[C@H]3C[C@@H]1C(C)=C3C)[C@H]2C=O. The van der Waals surface area contributed by atoms with Gasteiger partial charge in [-0.05, 0) is 76.3 Å². The summed E-state index contributed by atoms with van der Waals surface area (Å²) in [4.78, 5) is 49.6. The molecular weight excluding hydrogens is 456 g/mol. The first kappa shape index (κ1) is 24.7. The highest BCUT2D eigenvalue weighted by Gasteiger charge is 2.51. The van der Waals surface area contributed by atoms with Crippen LogP contribution in [0, 0.1) is 47.3 Å². The summed E-state index contributed by atoms with van der Waals surface area (Å²) in [6, 6.07) is 6.50. The number of hydrogen-bond acceptors (Lipinski definition) is 6. The summed E-state index contributed by atoms with van der Waals surface area (Å²) in [5.74, 6) is -0.529. The Kier molecular flexibility index (Phi) is 6.48. The summed E-state index contributed by atoms with van der Waals surface area (Å²) >= 11 is 0. The monoisotopic (exact) mass is 490 g/mol. The molecule has 0 heterocycles. The smallest absolute Gasteiger partial charge is 0.339 e. The summed E-state index contributed by atoms with van der Waals surface area (Å²) < 4.78 is 11.3. The Bertz CT molecular complexity index is 1080. The fourth-order valence-electron chi connectivity index (χ4n) is 7.63. The Labute approximate surface area is 212 Å². The number of benzene rings is 1.